The lowest BCUT2D eigenvalue weighted by molar-refractivity contribution is 0.100. The van der Waals surface area contributed by atoms with Crippen LogP contribution in [-0.2, 0) is 9.84 Å². The van der Waals surface area contributed by atoms with Crippen molar-refractivity contribution in [2.45, 2.75) is 16.7 Å². The minimum Gasteiger partial charge on any atom is -0.370 e. The van der Waals surface area contributed by atoms with Gasteiger partial charge in [0.1, 0.15) is 4.38 Å². The zero-order valence-electron chi connectivity index (χ0n) is 12.6. The summed E-state index contributed by atoms with van der Waals surface area (Å²) in [5.74, 6) is -0.154. The summed E-state index contributed by atoms with van der Waals surface area (Å²) in [5.41, 5.74) is 11.2. The zero-order chi connectivity index (χ0) is 17.2. The summed E-state index contributed by atoms with van der Waals surface area (Å²) in [5, 5.41) is 0. The molecule has 1 aliphatic heterocycles. The van der Waals surface area contributed by atoms with E-state index in [0.29, 0.717) is 10.5 Å². The summed E-state index contributed by atoms with van der Waals surface area (Å²) >= 11 is 2.87. The van der Waals surface area contributed by atoms with Gasteiger partial charge in [0.25, 0.3) is 5.91 Å². The van der Waals surface area contributed by atoms with Crippen molar-refractivity contribution in [1.29, 1.82) is 0 Å². The molecule has 0 atom stereocenters. The number of sulfone groups is 1. The highest BCUT2D eigenvalue weighted by atomic mass is 32.2. The summed E-state index contributed by atoms with van der Waals surface area (Å²) in [4.78, 5) is 20.4. The molecule has 124 valence electrons. The van der Waals surface area contributed by atoms with Crippen LogP contribution in [0.3, 0.4) is 0 Å². The van der Waals surface area contributed by atoms with Crippen LogP contribution in [0.2, 0.25) is 0 Å². The number of amides is 1. The van der Waals surface area contributed by atoms with Crippen LogP contribution in [0.5, 0.6) is 0 Å². The number of aryl methyl sites for hydroxylation is 1. The molecule has 0 aliphatic carbocycles. The Kier molecular flexibility index (Phi) is 5.37. The monoisotopic (exact) mass is 372 g/mol. The molecule has 0 spiro atoms. The summed E-state index contributed by atoms with van der Waals surface area (Å²) in [6.45, 7) is 2.43. The van der Waals surface area contributed by atoms with Crippen LogP contribution in [0.4, 0.5) is 0 Å². The van der Waals surface area contributed by atoms with Gasteiger partial charge in [0, 0.05) is 22.5 Å². The molecule has 0 unspecified atom stereocenters. The summed E-state index contributed by atoms with van der Waals surface area (Å²) < 4.78 is 25.0. The van der Waals surface area contributed by atoms with E-state index < -0.39 is 15.7 Å². The number of hydrogen-bond donors (Lipinski definition) is 2. The highest BCUT2D eigenvalue weighted by Crippen LogP contribution is 2.35. The molecule has 1 aliphatic rings. The lowest BCUT2D eigenvalue weighted by atomic mass is 10.1. The number of hydrogen-bond acceptors (Lipinski definition) is 6. The quantitative estimate of drug-likeness (QED) is 0.598. The van der Waals surface area contributed by atoms with E-state index in [9.17, 15) is 13.2 Å². The maximum absolute atomic E-state index is 12.1. The fourth-order valence-corrected chi connectivity index (χ4v) is 5.28. The molecule has 0 saturated carbocycles. The Morgan fingerprint density at radius 1 is 1.39 bits per heavy atom. The molecular weight excluding hydrogens is 356 g/mol. The maximum atomic E-state index is 12.1. The second kappa shape index (κ2) is 6.93. The van der Waals surface area contributed by atoms with Crippen molar-refractivity contribution in [1.82, 2.24) is 0 Å². The molecule has 0 bridgehead atoms. The average Bonchev–Trinajstić information content (AvgIpc) is 2.89. The van der Waals surface area contributed by atoms with E-state index in [1.165, 1.54) is 17.8 Å². The minimum atomic E-state index is -3.52. The van der Waals surface area contributed by atoms with E-state index in [1.807, 2.05) is 0 Å². The second-order valence-electron chi connectivity index (χ2n) is 4.83. The van der Waals surface area contributed by atoms with Gasteiger partial charge in [-0.25, -0.2) is 8.42 Å². The molecule has 10 heteroatoms. The number of rotatable bonds is 3. The smallest absolute Gasteiger partial charge is 0.280 e. The first kappa shape index (κ1) is 17.8. The third-order valence-corrected chi connectivity index (χ3v) is 6.40. The lowest BCUT2D eigenvalue weighted by Crippen LogP contribution is -2.24. The van der Waals surface area contributed by atoms with Crippen LogP contribution < -0.4 is 11.5 Å². The van der Waals surface area contributed by atoms with Crippen molar-refractivity contribution in [3.05, 3.63) is 23.3 Å². The molecule has 1 amide bonds. The predicted octanol–water partition coefficient (Wildman–Crippen LogP) is 1.01. The first-order chi connectivity index (χ1) is 10.7. The maximum Gasteiger partial charge on any atom is 0.280 e. The Labute approximate surface area is 142 Å². The highest BCUT2D eigenvalue weighted by molar-refractivity contribution is 8.39. The molecule has 1 heterocycles. The van der Waals surface area contributed by atoms with Crippen LogP contribution in [-0.4, -0.2) is 43.2 Å². The number of carbonyl (C=O) groups excluding carboxylic acids is 1. The number of thioether (sulfide) groups is 2. The molecule has 1 aromatic rings. The van der Waals surface area contributed by atoms with Crippen LogP contribution >= 0.6 is 23.5 Å². The third-order valence-electron chi connectivity index (χ3n) is 2.91. The van der Waals surface area contributed by atoms with Crippen LogP contribution in [0.1, 0.15) is 15.9 Å². The SMILES string of the molecule is Cc1cc(SC2=NCCS2)c(S(C)(=O)=O)cc1C(=O)N=C(N)N. The Morgan fingerprint density at radius 3 is 2.61 bits per heavy atom. The van der Waals surface area contributed by atoms with E-state index in [4.69, 9.17) is 11.5 Å². The van der Waals surface area contributed by atoms with E-state index in [-0.39, 0.29) is 16.4 Å². The molecule has 1 aromatic carbocycles. The zero-order valence-corrected chi connectivity index (χ0v) is 15.0. The number of nitrogens with two attached hydrogens (primary N) is 2. The van der Waals surface area contributed by atoms with Crippen LogP contribution in [0.25, 0.3) is 0 Å². The van der Waals surface area contributed by atoms with Crippen molar-refractivity contribution in [2.24, 2.45) is 21.5 Å². The van der Waals surface area contributed by atoms with Gasteiger partial charge in [0.05, 0.1) is 11.4 Å². The molecule has 7 nitrogen and oxygen atoms in total. The molecule has 0 saturated heterocycles. The van der Waals surface area contributed by atoms with E-state index in [0.717, 1.165) is 22.9 Å². The lowest BCUT2D eigenvalue weighted by Gasteiger charge is -2.11. The van der Waals surface area contributed by atoms with Gasteiger partial charge in [-0.15, -0.1) is 0 Å². The van der Waals surface area contributed by atoms with E-state index >= 15 is 0 Å². The van der Waals surface area contributed by atoms with Crippen molar-refractivity contribution in [2.75, 3.05) is 18.6 Å². The van der Waals surface area contributed by atoms with Crippen molar-refractivity contribution in [3.8, 4) is 0 Å². The predicted molar refractivity (Wildman–Crippen MR) is 95.0 cm³/mol. The Morgan fingerprint density at radius 2 is 2.09 bits per heavy atom. The fourth-order valence-electron chi connectivity index (χ4n) is 1.91. The topological polar surface area (TPSA) is 128 Å². The molecule has 0 fully saturated rings. The summed E-state index contributed by atoms with van der Waals surface area (Å²) in [6.07, 6.45) is 1.10. The fraction of sp³-hybridized carbons (Fsp3) is 0.308. The van der Waals surface area contributed by atoms with Crippen LogP contribution in [0, 0.1) is 6.92 Å². The van der Waals surface area contributed by atoms with Crippen LogP contribution in [0.15, 0.2) is 31.9 Å². The van der Waals surface area contributed by atoms with Gasteiger partial charge in [0.2, 0.25) is 0 Å². The van der Waals surface area contributed by atoms with Gasteiger partial charge in [0.15, 0.2) is 15.8 Å². The van der Waals surface area contributed by atoms with Gasteiger partial charge in [-0.3, -0.25) is 9.79 Å². The molecule has 2 rings (SSSR count). The Balaban J connectivity index is 2.54. The van der Waals surface area contributed by atoms with Gasteiger partial charge >= 0.3 is 0 Å². The van der Waals surface area contributed by atoms with E-state index in [2.05, 4.69) is 9.98 Å². The highest BCUT2D eigenvalue weighted by Gasteiger charge is 2.21. The van der Waals surface area contributed by atoms with Gasteiger partial charge in [-0.2, -0.15) is 4.99 Å². The van der Waals surface area contributed by atoms with Gasteiger partial charge in [-0.1, -0.05) is 23.5 Å². The number of guanidine groups is 1. The van der Waals surface area contributed by atoms with Crippen molar-refractivity contribution < 1.29 is 13.2 Å². The number of nitrogens with zero attached hydrogens (tertiary/aromatic N) is 2. The first-order valence-electron chi connectivity index (χ1n) is 6.52. The largest absolute Gasteiger partial charge is 0.370 e. The molecule has 23 heavy (non-hydrogen) atoms. The third kappa shape index (κ3) is 4.49. The molecule has 4 N–H and O–H groups in total. The Bertz CT molecular complexity index is 812. The molecule has 0 radical (unpaired) electrons. The summed E-state index contributed by atoms with van der Waals surface area (Å²) in [7, 11) is -3.52. The van der Waals surface area contributed by atoms with Gasteiger partial charge in [-0.05, 0) is 24.6 Å². The molecule has 0 aromatic heterocycles. The minimum absolute atomic E-state index is 0.0671. The summed E-state index contributed by atoms with van der Waals surface area (Å²) in [6, 6.07) is 2.97. The first-order valence-corrected chi connectivity index (χ1v) is 10.2. The van der Waals surface area contributed by atoms with Gasteiger partial charge < -0.3 is 11.5 Å². The molecular formula is C13H16N4O3S3. The number of benzene rings is 1. The Hall–Kier alpha value is -1.52. The standard InChI is InChI=1S/C13H16N4O3S3/c1-7-5-9(22-13-16-3-4-21-13)10(23(2,19)20)6-8(7)11(18)17-12(14)15/h5-6H,3-4H2,1-2H3,(H4,14,15,17,18). The number of aliphatic imine (C=N–C) groups is 2. The normalized spacial score (nSPS) is 14.4. The van der Waals surface area contributed by atoms with Crippen molar-refractivity contribution in [3.63, 3.8) is 0 Å². The van der Waals surface area contributed by atoms with Crippen molar-refractivity contribution >= 4 is 49.6 Å². The average molecular weight is 372 g/mol. The van der Waals surface area contributed by atoms with E-state index in [1.54, 1.807) is 24.8 Å². The number of carbonyl (C=O) groups is 1. The second-order valence-corrected chi connectivity index (χ2v) is 9.18.